The summed E-state index contributed by atoms with van der Waals surface area (Å²) in [4.78, 5) is 8.40. The second-order valence-corrected chi connectivity index (χ2v) is 4.62. The average molecular weight is 272 g/mol. The normalized spacial score (nSPS) is 10.5. The van der Waals surface area contributed by atoms with E-state index in [0.717, 1.165) is 30.5 Å². The SMILES string of the molecule is CCc1cc(CO)cc(OCCCc2ccncc2)n1. The molecule has 0 bridgehead atoms. The van der Waals surface area contributed by atoms with Gasteiger partial charge in [0.1, 0.15) is 0 Å². The summed E-state index contributed by atoms with van der Waals surface area (Å²) in [6.07, 6.45) is 6.33. The number of aromatic nitrogens is 2. The number of aliphatic hydroxyl groups excluding tert-OH is 1. The first-order chi connectivity index (χ1) is 9.81. The fourth-order valence-corrected chi connectivity index (χ4v) is 1.97. The van der Waals surface area contributed by atoms with Crippen molar-refractivity contribution in [3.8, 4) is 5.88 Å². The standard InChI is InChI=1S/C16H20N2O2/c1-2-15-10-14(12-19)11-16(18-15)20-9-3-4-13-5-7-17-8-6-13/h5-8,10-11,19H,2-4,9,12H2,1H3. The van der Waals surface area contributed by atoms with Crippen LogP contribution in [-0.4, -0.2) is 21.7 Å². The first-order valence-corrected chi connectivity index (χ1v) is 6.94. The number of aliphatic hydroxyl groups is 1. The van der Waals surface area contributed by atoms with Crippen LogP contribution in [0.4, 0.5) is 0 Å². The summed E-state index contributed by atoms with van der Waals surface area (Å²) in [5.74, 6) is 0.600. The van der Waals surface area contributed by atoms with Gasteiger partial charge in [-0.05, 0) is 48.6 Å². The zero-order valence-electron chi connectivity index (χ0n) is 11.7. The maximum absolute atomic E-state index is 9.21. The van der Waals surface area contributed by atoms with Crippen LogP contribution >= 0.6 is 0 Å². The Kier molecular flexibility index (Phi) is 5.50. The zero-order valence-corrected chi connectivity index (χ0v) is 11.7. The predicted molar refractivity (Wildman–Crippen MR) is 77.6 cm³/mol. The van der Waals surface area contributed by atoms with E-state index in [9.17, 15) is 5.11 Å². The van der Waals surface area contributed by atoms with Crippen LogP contribution in [0, 0.1) is 0 Å². The fourth-order valence-electron chi connectivity index (χ4n) is 1.97. The van der Waals surface area contributed by atoms with Crippen molar-refractivity contribution in [1.82, 2.24) is 9.97 Å². The summed E-state index contributed by atoms with van der Waals surface area (Å²) >= 11 is 0. The largest absolute Gasteiger partial charge is 0.478 e. The van der Waals surface area contributed by atoms with E-state index in [1.54, 1.807) is 18.5 Å². The minimum atomic E-state index is 0.0168. The quantitative estimate of drug-likeness (QED) is 0.787. The van der Waals surface area contributed by atoms with E-state index in [1.165, 1.54) is 5.56 Å². The Morgan fingerprint density at radius 1 is 1.15 bits per heavy atom. The number of aryl methyl sites for hydroxylation is 2. The van der Waals surface area contributed by atoms with E-state index in [0.29, 0.717) is 12.5 Å². The van der Waals surface area contributed by atoms with Gasteiger partial charge in [0.25, 0.3) is 0 Å². The summed E-state index contributed by atoms with van der Waals surface area (Å²) in [5, 5.41) is 9.21. The van der Waals surface area contributed by atoms with Gasteiger partial charge in [-0.3, -0.25) is 4.98 Å². The van der Waals surface area contributed by atoms with Crippen molar-refractivity contribution < 1.29 is 9.84 Å². The summed E-state index contributed by atoms with van der Waals surface area (Å²) in [5.41, 5.74) is 3.05. The van der Waals surface area contributed by atoms with Crippen LogP contribution in [0.1, 0.15) is 30.2 Å². The molecule has 0 aliphatic rings. The predicted octanol–water partition coefficient (Wildman–Crippen LogP) is 2.54. The van der Waals surface area contributed by atoms with Crippen molar-refractivity contribution in [2.75, 3.05) is 6.61 Å². The van der Waals surface area contributed by atoms with Gasteiger partial charge < -0.3 is 9.84 Å². The third kappa shape index (κ3) is 4.31. The van der Waals surface area contributed by atoms with Gasteiger partial charge in [-0.15, -0.1) is 0 Å². The van der Waals surface area contributed by atoms with Gasteiger partial charge in [0.05, 0.1) is 13.2 Å². The molecule has 4 nitrogen and oxygen atoms in total. The molecule has 20 heavy (non-hydrogen) atoms. The molecule has 0 aliphatic heterocycles. The molecule has 0 amide bonds. The smallest absolute Gasteiger partial charge is 0.213 e. The van der Waals surface area contributed by atoms with Gasteiger partial charge in [-0.2, -0.15) is 0 Å². The lowest BCUT2D eigenvalue weighted by molar-refractivity contribution is 0.275. The first kappa shape index (κ1) is 14.5. The van der Waals surface area contributed by atoms with Gasteiger partial charge in [0, 0.05) is 24.2 Å². The highest BCUT2D eigenvalue weighted by Crippen LogP contribution is 2.14. The van der Waals surface area contributed by atoms with E-state index in [-0.39, 0.29) is 6.61 Å². The third-order valence-corrected chi connectivity index (χ3v) is 3.07. The molecule has 0 spiro atoms. The molecule has 0 radical (unpaired) electrons. The molecular weight excluding hydrogens is 252 g/mol. The number of nitrogens with zero attached hydrogens (tertiary/aromatic N) is 2. The van der Waals surface area contributed by atoms with E-state index < -0.39 is 0 Å². The Bertz CT molecular complexity index is 507. The Labute approximate surface area is 119 Å². The molecule has 4 heteroatoms. The molecule has 0 fully saturated rings. The Balaban J connectivity index is 1.84. The molecule has 0 atom stereocenters. The van der Waals surface area contributed by atoms with Crippen molar-refractivity contribution in [1.29, 1.82) is 0 Å². The van der Waals surface area contributed by atoms with Gasteiger partial charge in [0.15, 0.2) is 0 Å². The van der Waals surface area contributed by atoms with Crippen LogP contribution in [0.2, 0.25) is 0 Å². The van der Waals surface area contributed by atoms with Crippen LogP contribution in [0.15, 0.2) is 36.7 Å². The lowest BCUT2D eigenvalue weighted by Crippen LogP contribution is -2.03. The summed E-state index contributed by atoms with van der Waals surface area (Å²) in [7, 11) is 0. The minimum absolute atomic E-state index is 0.0168. The molecule has 0 unspecified atom stereocenters. The number of pyridine rings is 2. The molecule has 0 aliphatic carbocycles. The lowest BCUT2D eigenvalue weighted by Gasteiger charge is -2.08. The molecule has 2 rings (SSSR count). The molecule has 0 saturated heterocycles. The number of ether oxygens (including phenoxy) is 1. The minimum Gasteiger partial charge on any atom is -0.478 e. The Hall–Kier alpha value is -1.94. The van der Waals surface area contributed by atoms with E-state index in [2.05, 4.69) is 9.97 Å². The van der Waals surface area contributed by atoms with Crippen molar-refractivity contribution in [3.05, 3.63) is 53.5 Å². The second-order valence-electron chi connectivity index (χ2n) is 4.62. The van der Waals surface area contributed by atoms with Gasteiger partial charge in [-0.1, -0.05) is 6.92 Å². The molecule has 2 heterocycles. The highest BCUT2D eigenvalue weighted by Gasteiger charge is 2.02. The molecule has 1 N–H and O–H groups in total. The average Bonchev–Trinajstić information content (AvgIpc) is 2.52. The third-order valence-electron chi connectivity index (χ3n) is 3.07. The first-order valence-electron chi connectivity index (χ1n) is 6.94. The van der Waals surface area contributed by atoms with Crippen LogP contribution < -0.4 is 4.74 Å². The number of rotatable bonds is 7. The summed E-state index contributed by atoms with van der Waals surface area (Å²) in [6, 6.07) is 7.73. The van der Waals surface area contributed by atoms with Crippen molar-refractivity contribution in [2.45, 2.75) is 32.8 Å². The van der Waals surface area contributed by atoms with Crippen molar-refractivity contribution in [3.63, 3.8) is 0 Å². The van der Waals surface area contributed by atoms with Crippen LogP contribution in [0.5, 0.6) is 5.88 Å². The monoisotopic (exact) mass is 272 g/mol. The van der Waals surface area contributed by atoms with Crippen LogP contribution in [0.3, 0.4) is 0 Å². The van der Waals surface area contributed by atoms with Gasteiger partial charge in [0.2, 0.25) is 5.88 Å². The number of hydrogen-bond donors (Lipinski definition) is 1. The maximum atomic E-state index is 9.21. The summed E-state index contributed by atoms with van der Waals surface area (Å²) < 4.78 is 5.67. The van der Waals surface area contributed by atoms with Gasteiger partial charge >= 0.3 is 0 Å². The molecule has 0 aromatic carbocycles. The lowest BCUT2D eigenvalue weighted by atomic mass is 10.1. The highest BCUT2D eigenvalue weighted by atomic mass is 16.5. The maximum Gasteiger partial charge on any atom is 0.213 e. The van der Waals surface area contributed by atoms with Crippen LogP contribution in [0.25, 0.3) is 0 Å². The molecule has 2 aromatic rings. The van der Waals surface area contributed by atoms with Crippen molar-refractivity contribution >= 4 is 0 Å². The molecule has 106 valence electrons. The second kappa shape index (κ2) is 7.60. The topological polar surface area (TPSA) is 55.2 Å². The fraction of sp³-hybridized carbons (Fsp3) is 0.375. The van der Waals surface area contributed by atoms with E-state index in [4.69, 9.17) is 4.74 Å². The van der Waals surface area contributed by atoms with E-state index in [1.807, 2.05) is 25.1 Å². The van der Waals surface area contributed by atoms with Crippen molar-refractivity contribution in [2.24, 2.45) is 0 Å². The Morgan fingerprint density at radius 2 is 1.95 bits per heavy atom. The molecule has 0 saturated carbocycles. The Morgan fingerprint density at radius 3 is 2.65 bits per heavy atom. The number of hydrogen-bond acceptors (Lipinski definition) is 4. The molecule has 2 aromatic heterocycles. The molecular formula is C16H20N2O2. The van der Waals surface area contributed by atoms with E-state index >= 15 is 0 Å². The summed E-state index contributed by atoms with van der Waals surface area (Å²) in [6.45, 7) is 2.67. The van der Waals surface area contributed by atoms with Gasteiger partial charge in [-0.25, -0.2) is 4.98 Å². The highest BCUT2D eigenvalue weighted by molar-refractivity contribution is 5.24. The zero-order chi connectivity index (χ0) is 14.2. The van der Waals surface area contributed by atoms with Crippen LogP contribution in [-0.2, 0) is 19.4 Å².